The van der Waals surface area contributed by atoms with Gasteiger partial charge >= 0.3 is 0 Å². The molecule has 1 N–H and O–H groups in total. The molecule has 110 valence electrons. The molecule has 1 heterocycles. The van der Waals surface area contributed by atoms with Gasteiger partial charge in [0, 0.05) is 12.1 Å². The molecule has 0 amide bonds. The summed E-state index contributed by atoms with van der Waals surface area (Å²) >= 11 is 3.05. The minimum atomic E-state index is -0.636. The van der Waals surface area contributed by atoms with Crippen molar-refractivity contribution in [3.8, 4) is 11.5 Å². The smallest absolute Gasteiger partial charge is 0.231 e. The van der Waals surface area contributed by atoms with Crippen LogP contribution in [0.25, 0.3) is 0 Å². The summed E-state index contributed by atoms with van der Waals surface area (Å²) < 4.78 is 37.8. The molecule has 1 aliphatic rings. The van der Waals surface area contributed by atoms with Gasteiger partial charge in [-0.3, -0.25) is 0 Å². The Hall–Kier alpha value is -1.82. The third-order valence-electron chi connectivity index (χ3n) is 3.28. The summed E-state index contributed by atoms with van der Waals surface area (Å²) in [6.07, 6.45) is 0. The maximum atomic E-state index is 13.8. The fraction of sp³-hybridized carbons (Fsp3) is 0.200. The van der Waals surface area contributed by atoms with E-state index in [1.165, 1.54) is 6.07 Å². The van der Waals surface area contributed by atoms with E-state index < -0.39 is 11.6 Å². The van der Waals surface area contributed by atoms with E-state index in [-0.39, 0.29) is 23.0 Å². The highest BCUT2D eigenvalue weighted by Gasteiger charge is 2.17. The van der Waals surface area contributed by atoms with E-state index in [9.17, 15) is 8.78 Å². The minimum Gasteiger partial charge on any atom is -0.454 e. The summed E-state index contributed by atoms with van der Waals surface area (Å²) in [4.78, 5) is 0. The fourth-order valence-electron chi connectivity index (χ4n) is 2.13. The maximum absolute atomic E-state index is 13.8. The van der Waals surface area contributed by atoms with Gasteiger partial charge in [0.05, 0.1) is 10.2 Å². The predicted molar refractivity (Wildman–Crippen MR) is 78.7 cm³/mol. The van der Waals surface area contributed by atoms with E-state index >= 15 is 0 Å². The van der Waals surface area contributed by atoms with Crippen LogP contribution < -0.4 is 14.8 Å². The van der Waals surface area contributed by atoms with Gasteiger partial charge in [-0.1, -0.05) is 6.07 Å². The van der Waals surface area contributed by atoms with Crippen molar-refractivity contribution in [2.75, 3.05) is 12.1 Å². The summed E-state index contributed by atoms with van der Waals surface area (Å²) in [5.74, 6) is 0.0978. The number of hydrogen-bond acceptors (Lipinski definition) is 3. The largest absolute Gasteiger partial charge is 0.454 e. The molecule has 0 aliphatic carbocycles. The highest BCUT2D eigenvalue weighted by molar-refractivity contribution is 9.10. The van der Waals surface area contributed by atoms with Gasteiger partial charge in [-0.2, -0.15) is 0 Å². The van der Waals surface area contributed by atoms with Crippen molar-refractivity contribution < 1.29 is 18.3 Å². The van der Waals surface area contributed by atoms with E-state index in [0.717, 1.165) is 11.6 Å². The van der Waals surface area contributed by atoms with Crippen LogP contribution in [-0.2, 0) is 0 Å². The third kappa shape index (κ3) is 2.81. The van der Waals surface area contributed by atoms with Crippen LogP contribution in [0.4, 0.5) is 14.5 Å². The number of nitrogens with one attached hydrogen (secondary N) is 1. The van der Waals surface area contributed by atoms with Crippen molar-refractivity contribution in [3.05, 3.63) is 52.0 Å². The van der Waals surface area contributed by atoms with Crippen molar-refractivity contribution in [2.45, 2.75) is 13.0 Å². The normalized spacial score (nSPS) is 14.1. The molecular weight excluding hydrogens is 344 g/mol. The molecule has 0 bridgehead atoms. The molecule has 1 atom stereocenters. The average molecular weight is 356 g/mol. The Morgan fingerprint density at radius 1 is 1.10 bits per heavy atom. The van der Waals surface area contributed by atoms with E-state index in [0.29, 0.717) is 11.5 Å². The Bertz CT molecular complexity index is 694. The second kappa shape index (κ2) is 5.52. The molecule has 21 heavy (non-hydrogen) atoms. The van der Waals surface area contributed by atoms with Crippen molar-refractivity contribution in [1.29, 1.82) is 0 Å². The molecule has 1 aliphatic heterocycles. The molecule has 3 nitrogen and oxygen atoms in total. The average Bonchev–Trinajstić information content (AvgIpc) is 2.92. The van der Waals surface area contributed by atoms with Crippen LogP contribution in [0.15, 0.2) is 34.8 Å². The van der Waals surface area contributed by atoms with Gasteiger partial charge in [-0.25, -0.2) is 8.78 Å². The lowest BCUT2D eigenvalue weighted by atomic mass is 10.1. The van der Waals surface area contributed by atoms with Crippen molar-refractivity contribution in [2.24, 2.45) is 0 Å². The molecule has 2 aromatic rings. The van der Waals surface area contributed by atoms with Gasteiger partial charge in [0.1, 0.15) is 11.6 Å². The molecule has 0 saturated heterocycles. The lowest BCUT2D eigenvalue weighted by Gasteiger charge is -2.17. The first-order chi connectivity index (χ1) is 10.0. The van der Waals surface area contributed by atoms with Gasteiger partial charge in [-0.05, 0) is 46.6 Å². The van der Waals surface area contributed by atoms with E-state index in [1.807, 2.05) is 25.1 Å². The lowest BCUT2D eigenvalue weighted by Crippen LogP contribution is -2.08. The Balaban J connectivity index is 1.83. The number of benzene rings is 2. The minimum absolute atomic E-state index is 0.175. The van der Waals surface area contributed by atoms with Gasteiger partial charge < -0.3 is 14.8 Å². The van der Waals surface area contributed by atoms with Crippen molar-refractivity contribution in [3.63, 3.8) is 0 Å². The van der Waals surface area contributed by atoms with Crippen LogP contribution in [-0.4, -0.2) is 6.79 Å². The van der Waals surface area contributed by atoms with E-state index in [1.54, 1.807) is 0 Å². The first-order valence-electron chi connectivity index (χ1n) is 6.35. The van der Waals surface area contributed by atoms with Crippen LogP contribution in [0, 0.1) is 11.6 Å². The molecule has 0 spiro atoms. The van der Waals surface area contributed by atoms with Gasteiger partial charge in [0.2, 0.25) is 6.79 Å². The van der Waals surface area contributed by atoms with Crippen LogP contribution in [0.1, 0.15) is 18.5 Å². The number of ether oxygens (including phenoxy) is 2. The Labute approximate surface area is 129 Å². The highest BCUT2D eigenvalue weighted by atomic mass is 79.9. The zero-order valence-electron chi connectivity index (χ0n) is 11.1. The summed E-state index contributed by atoms with van der Waals surface area (Å²) in [7, 11) is 0. The van der Waals surface area contributed by atoms with Crippen LogP contribution >= 0.6 is 15.9 Å². The summed E-state index contributed by atoms with van der Waals surface area (Å²) in [5.41, 5.74) is 1.15. The molecule has 0 saturated carbocycles. The maximum Gasteiger partial charge on any atom is 0.231 e. The number of hydrogen-bond donors (Lipinski definition) is 1. The molecule has 1 unspecified atom stereocenters. The predicted octanol–water partition coefficient (Wildman–Crippen LogP) is 4.63. The molecule has 2 aromatic carbocycles. The zero-order chi connectivity index (χ0) is 15.0. The molecule has 6 heteroatoms. The Morgan fingerprint density at radius 2 is 1.86 bits per heavy atom. The topological polar surface area (TPSA) is 30.5 Å². The second-order valence-electron chi connectivity index (χ2n) is 4.72. The van der Waals surface area contributed by atoms with E-state index in [2.05, 4.69) is 21.2 Å². The molecule has 0 aromatic heterocycles. The van der Waals surface area contributed by atoms with Gasteiger partial charge in [0.15, 0.2) is 11.5 Å². The van der Waals surface area contributed by atoms with E-state index in [4.69, 9.17) is 9.47 Å². The number of fused-ring (bicyclic) bond motifs is 1. The summed E-state index contributed by atoms with van der Waals surface area (Å²) in [5, 5.41) is 3.02. The third-order valence-corrected chi connectivity index (χ3v) is 3.89. The Morgan fingerprint density at radius 3 is 2.67 bits per heavy atom. The van der Waals surface area contributed by atoms with Crippen molar-refractivity contribution in [1.82, 2.24) is 0 Å². The molecule has 3 rings (SSSR count). The van der Waals surface area contributed by atoms with Gasteiger partial charge in [0.25, 0.3) is 0 Å². The first kappa shape index (κ1) is 14.1. The molecular formula is C15H12BrF2NO2. The number of rotatable bonds is 3. The molecule has 0 fully saturated rings. The van der Waals surface area contributed by atoms with Crippen LogP contribution in [0.2, 0.25) is 0 Å². The summed E-state index contributed by atoms with van der Waals surface area (Å²) in [6, 6.07) is 7.59. The van der Waals surface area contributed by atoms with Crippen LogP contribution in [0.3, 0.4) is 0 Å². The second-order valence-corrected chi connectivity index (χ2v) is 5.58. The number of anilines is 1. The van der Waals surface area contributed by atoms with Crippen molar-refractivity contribution >= 4 is 21.6 Å². The SMILES string of the molecule is CC(Nc1cc(Br)c(F)cc1F)c1ccc2c(c1)OCO2. The lowest BCUT2D eigenvalue weighted by molar-refractivity contribution is 0.174. The summed E-state index contributed by atoms with van der Waals surface area (Å²) in [6.45, 7) is 2.09. The monoisotopic (exact) mass is 355 g/mol. The standard InChI is InChI=1S/C15H12BrF2NO2/c1-8(9-2-3-14-15(4-9)21-7-20-14)19-13-5-10(16)11(17)6-12(13)18/h2-6,8,19H,7H2,1H3. The first-order valence-corrected chi connectivity index (χ1v) is 7.14. The quantitative estimate of drug-likeness (QED) is 0.814. The fourth-order valence-corrected chi connectivity index (χ4v) is 2.48. The zero-order valence-corrected chi connectivity index (χ0v) is 12.7. The van der Waals surface area contributed by atoms with Crippen LogP contribution in [0.5, 0.6) is 11.5 Å². The van der Waals surface area contributed by atoms with Gasteiger partial charge in [-0.15, -0.1) is 0 Å². The number of halogens is 3. The molecule has 0 radical (unpaired) electrons. The highest BCUT2D eigenvalue weighted by Crippen LogP contribution is 2.35. The Kier molecular flexibility index (Phi) is 3.71.